The number of hydrogen-bond donors (Lipinski definition) is 2. The zero-order valence-electron chi connectivity index (χ0n) is 26.5. The van der Waals surface area contributed by atoms with Crippen molar-refractivity contribution in [3.05, 3.63) is 62.7 Å². The summed E-state index contributed by atoms with van der Waals surface area (Å²) in [6.45, 7) is 13.0. The van der Waals surface area contributed by atoms with Gasteiger partial charge in [0.15, 0.2) is 9.79 Å². The van der Waals surface area contributed by atoms with Crippen LogP contribution in [0.3, 0.4) is 0 Å². The maximum Gasteiger partial charge on any atom is 0.333 e. The molecule has 0 radical (unpaired) electrons. The predicted molar refractivity (Wildman–Crippen MR) is 186 cm³/mol. The van der Waals surface area contributed by atoms with Gasteiger partial charge < -0.3 is 14.3 Å². The van der Waals surface area contributed by atoms with Gasteiger partial charge in [0.25, 0.3) is 0 Å². The van der Waals surface area contributed by atoms with Crippen LogP contribution < -0.4 is 10.5 Å². The zero-order valence-corrected chi connectivity index (χ0v) is 31.5. The van der Waals surface area contributed by atoms with Crippen molar-refractivity contribution in [2.45, 2.75) is 92.9 Å². The van der Waals surface area contributed by atoms with Crippen molar-refractivity contribution in [1.82, 2.24) is 9.97 Å². The first-order valence-corrected chi connectivity index (χ1v) is 21.3. The second-order valence-corrected chi connectivity index (χ2v) is 22.6. The van der Waals surface area contributed by atoms with E-state index in [0.29, 0.717) is 50.1 Å². The molecule has 1 unspecified atom stereocenters. The van der Waals surface area contributed by atoms with Gasteiger partial charge in [0.1, 0.15) is 16.5 Å². The van der Waals surface area contributed by atoms with Crippen LogP contribution in [0.25, 0.3) is 0 Å². The first kappa shape index (κ1) is 37.2. The predicted octanol–water partition coefficient (Wildman–Crippen LogP) is 7.21. The molecule has 1 aliphatic carbocycles. The number of hydrogen-bond acceptors (Lipinski definition) is 10. The molecule has 252 valence electrons. The Morgan fingerprint density at radius 2 is 1.83 bits per heavy atom. The third kappa shape index (κ3) is 8.51. The highest BCUT2D eigenvalue weighted by Gasteiger charge is 2.49. The van der Waals surface area contributed by atoms with Gasteiger partial charge in [-0.1, -0.05) is 70.8 Å². The van der Waals surface area contributed by atoms with Crippen molar-refractivity contribution < 1.29 is 26.4 Å². The average molecular weight is 748 g/mol. The summed E-state index contributed by atoms with van der Waals surface area (Å²) in [4.78, 5) is 23.3. The van der Waals surface area contributed by atoms with Crippen LogP contribution in [0.1, 0.15) is 69.6 Å². The van der Waals surface area contributed by atoms with Crippen LogP contribution in [0.5, 0.6) is 0 Å². The average Bonchev–Trinajstić information content (AvgIpc) is 3.55. The molecule has 0 amide bonds. The smallest absolute Gasteiger partial charge is 0.333 e. The highest BCUT2D eigenvalue weighted by molar-refractivity contribution is 7.91. The first-order chi connectivity index (χ1) is 21.5. The van der Waals surface area contributed by atoms with Gasteiger partial charge in [0, 0.05) is 46.5 Å². The summed E-state index contributed by atoms with van der Waals surface area (Å²) < 4.78 is 49.1. The van der Waals surface area contributed by atoms with E-state index < -0.39 is 29.8 Å². The van der Waals surface area contributed by atoms with E-state index in [1.54, 1.807) is 24.3 Å². The second kappa shape index (κ2) is 15.3. The second-order valence-electron chi connectivity index (χ2n) is 12.4. The lowest BCUT2D eigenvalue weighted by Gasteiger charge is -2.45. The van der Waals surface area contributed by atoms with Gasteiger partial charge in [0.2, 0.25) is 14.1 Å². The number of ketones is 1. The molecule has 1 saturated carbocycles. The van der Waals surface area contributed by atoms with E-state index in [4.69, 9.17) is 36.9 Å². The third-order valence-electron chi connectivity index (χ3n) is 8.53. The van der Waals surface area contributed by atoms with Crippen LogP contribution in [-0.2, 0) is 30.1 Å². The summed E-state index contributed by atoms with van der Waals surface area (Å²) in [6.07, 6.45) is 3.53. The molecule has 0 spiro atoms. The van der Waals surface area contributed by atoms with Crippen LogP contribution in [0.4, 0.5) is 5.82 Å². The topological polar surface area (TPSA) is 157 Å². The van der Waals surface area contributed by atoms with E-state index in [1.165, 1.54) is 18.6 Å². The number of halogens is 2. The maximum atomic E-state index is 13.8. The van der Waals surface area contributed by atoms with E-state index in [9.17, 15) is 17.8 Å². The molecular weight excluding hydrogens is 708 g/mol. The number of thiophene rings is 1. The molecule has 46 heavy (non-hydrogen) atoms. The molecule has 2 heterocycles. The summed E-state index contributed by atoms with van der Waals surface area (Å²) >= 11 is 11.9. The van der Waals surface area contributed by atoms with Crippen molar-refractivity contribution in [3.63, 3.8) is 0 Å². The van der Waals surface area contributed by atoms with Crippen LogP contribution >= 0.6 is 34.5 Å². The summed E-state index contributed by atoms with van der Waals surface area (Å²) in [6, 6.07) is 7.97. The molecule has 1 fully saturated rings. The molecule has 3 aromatic rings. The number of benzene rings is 1. The molecule has 0 saturated heterocycles. The van der Waals surface area contributed by atoms with Crippen LogP contribution in [-0.4, -0.2) is 55.8 Å². The van der Waals surface area contributed by atoms with Crippen LogP contribution in [0, 0.1) is 5.92 Å². The molecule has 4 rings (SSSR count). The molecule has 0 bridgehead atoms. The Kier molecular flexibility index (Phi) is 12.4. The van der Waals surface area contributed by atoms with E-state index in [-0.39, 0.29) is 45.2 Å². The number of anilines is 1. The quantitative estimate of drug-likeness (QED) is 0.0988. The lowest BCUT2D eigenvalue weighted by atomic mass is 10.1. The van der Waals surface area contributed by atoms with Crippen molar-refractivity contribution >= 4 is 75.9 Å². The molecule has 1 aromatic carbocycles. The number of rotatable bonds is 14. The van der Waals surface area contributed by atoms with Crippen molar-refractivity contribution in [2.24, 2.45) is 11.1 Å². The van der Waals surface area contributed by atoms with Gasteiger partial charge in [-0.3, -0.25) is 8.98 Å². The lowest BCUT2D eigenvalue weighted by molar-refractivity contribution is 0.103. The van der Waals surface area contributed by atoms with E-state index in [1.807, 2.05) is 0 Å². The van der Waals surface area contributed by atoms with Gasteiger partial charge in [0.05, 0.1) is 23.2 Å². The summed E-state index contributed by atoms with van der Waals surface area (Å²) in [5.74, 6) is -0.325. The molecule has 0 aliphatic heterocycles. The van der Waals surface area contributed by atoms with Gasteiger partial charge in [-0.2, -0.15) is 8.42 Å². The molecular formula is C30H40Cl2N4O6S3Si. The van der Waals surface area contributed by atoms with Crippen molar-refractivity contribution in [2.75, 3.05) is 11.9 Å². The monoisotopic (exact) mass is 746 g/mol. The number of nitrogens with one attached hydrogen (secondary N) is 1. The van der Waals surface area contributed by atoms with E-state index >= 15 is 0 Å². The normalized spacial score (nSPS) is 19.7. The minimum Gasteiger partial charge on any atom is -0.606 e. The van der Waals surface area contributed by atoms with Gasteiger partial charge >= 0.3 is 10.3 Å². The SMILES string of the molecule is CC(C)[Si](O[C@H]1C[C@H](Nc2ncncc2C(=O)c2cc([S+]([O-])c3cccc(Cl)c3)c(Cl)s2)C[C@@H]1COS(N)(=O)=O)(C(C)C)C(C)C. The van der Waals surface area contributed by atoms with Crippen molar-refractivity contribution in [3.8, 4) is 0 Å². The largest absolute Gasteiger partial charge is 0.606 e. The number of aromatic nitrogens is 2. The lowest BCUT2D eigenvalue weighted by Crippen LogP contribution is -2.51. The molecule has 2 aromatic heterocycles. The minimum atomic E-state index is -4.15. The summed E-state index contributed by atoms with van der Waals surface area (Å²) in [5.41, 5.74) is 1.18. The third-order valence-corrected chi connectivity index (χ3v) is 18.4. The number of carbonyl (C=O) groups excluding carboxylic acids is 1. The Bertz CT molecular complexity index is 1620. The molecule has 4 atom stereocenters. The Morgan fingerprint density at radius 3 is 2.43 bits per heavy atom. The van der Waals surface area contributed by atoms with Gasteiger partial charge in [-0.05, 0) is 41.6 Å². The Morgan fingerprint density at radius 1 is 1.15 bits per heavy atom. The molecule has 16 heteroatoms. The fourth-order valence-electron chi connectivity index (χ4n) is 6.61. The molecule has 1 aliphatic rings. The maximum absolute atomic E-state index is 13.8. The van der Waals surface area contributed by atoms with Gasteiger partial charge in [-0.15, -0.1) is 11.3 Å². The zero-order chi connectivity index (χ0) is 34.0. The number of nitrogens with zero attached hydrogens (tertiary/aromatic N) is 2. The van der Waals surface area contributed by atoms with Crippen molar-refractivity contribution in [1.29, 1.82) is 0 Å². The first-order valence-electron chi connectivity index (χ1n) is 15.0. The fourth-order valence-corrected chi connectivity index (χ4v) is 15.6. The summed E-state index contributed by atoms with van der Waals surface area (Å²) in [5, 5.41) is 9.01. The van der Waals surface area contributed by atoms with E-state index in [2.05, 4.69) is 56.8 Å². The molecule has 10 nitrogen and oxygen atoms in total. The standard InChI is InChI=1S/C30H40Cl2N4O6S3Si/c1-17(2)46(18(3)4,19(5)6)42-25-12-22(10-20(25)15-41-45(33,39)40)36-30-24(14-34-16-35-30)28(37)26-13-27(29(32)43-26)44(38)23-9-7-8-21(31)11-23/h7-9,11,13-14,16-20,22,25H,10,12,15H2,1-6H3,(H2,33,39,40)(H,34,35,36)/t20-,22-,25+,44?/m1/s1. The number of nitrogens with two attached hydrogens (primary N) is 1. The Hall–Kier alpha value is -1.59. The molecule has 3 N–H and O–H groups in total. The minimum absolute atomic E-state index is 0.115. The Balaban J connectivity index is 1.59. The Labute approximate surface area is 289 Å². The van der Waals surface area contributed by atoms with Gasteiger partial charge in [-0.25, -0.2) is 15.1 Å². The number of carbonyl (C=O) groups is 1. The van der Waals surface area contributed by atoms with E-state index in [0.717, 1.165) is 11.3 Å². The fraction of sp³-hybridized carbons (Fsp3) is 0.500. The van der Waals surface area contributed by atoms with Crippen LogP contribution in [0.15, 0.2) is 52.6 Å². The highest BCUT2D eigenvalue weighted by atomic mass is 35.5. The highest BCUT2D eigenvalue weighted by Crippen LogP contribution is 2.46. The summed E-state index contributed by atoms with van der Waals surface area (Å²) in [7, 11) is -6.48. The van der Waals surface area contributed by atoms with Crippen LogP contribution in [0.2, 0.25) is 26.0 Å².